The van der Waals surface area contributed by atoms with E-state index in [0.717, 1.165) is 17.9 Å². The minimum absolute atomic E-state index is 0.329. The van der Waals surface area contributed by atoms with Crippen molar-refractivity contribution in [2.45, 2.75) is 57.5 Å². The molecule has 0 amide bonds. The average Bonchev–Trinajstić information content (AvgIpc) is 2.94. The van der Waals surface area contributed by atoms with Crippen molar-refractivity contribution >= 4 is 0 Å². The minimum atomic E-state index is 0.329. The average molecular weight is 222 g/mol. The van der Waals surface area contributed by atoms with Gasteiger partial charge in [-0.2, -0.15) is 0 Å². The lowest BCUT2D eigenvalue weighted by atomic mass is 9.83. The van der Waals surface area contributed by atoms with Gasteiger partial charge in [0.05, 0.1) is 0 Å². The van der Waals surface area contributed by atoms with Crippen molar-refractivity contribution in [3.05, 3.63) is 0 Å². The molecule has 92 valence electrons. The highest BCUT2D eigenvalue weighted by Crippen LogP contribution is 2.38. The molecule has 1 aliphatic heterocycles. The first-order valence-electron chi connectivity index (χ1n) is 7.13. The van der Waals surface area contributed by atoms with Crippen LogP contribution in [0.3, 0.4) is 0 Å². The fraction of sp³-hybridized carbons (Fsp3) is 1.00. The molecule has 0 aromatic heterocycles. The molecule has 1 atom stereocenters. The van der Waals surface area contributed by atoms with Crippen molar-refractivity contribution in [1.29, 1.82) is 0 Å². The lowest BCUT2D eigenvalue weighted by Gasteiger charge is -2.47. The Bertz CT molecular complexity index is 253. The maximum atomic E-state index is 3.73. The molecular weight excluding hydrogens is 196 g/mol. The molecule has 1 unspecified atom stereocenters. The Morgan fingerprint density at radius 1 is 1.19 bits per heavy atom. The van der Waals surface area contributed by atoms with Crippen molar-refractivity contribution in [2.24, 2.45) is 11.8 Å². The number of hydrogen-bond acceptors (Lipinski definition) is 2. The standard InChI is InChI=1S/C14H26N2/c1-14(2)10-16(9-11-4-3-5-11)13(8-15-14)12-6-7-12/h11-13,15H,3-10H2,1-2H3. The smallest absolute Gasteiger partial charge is 0.0252 e. The second kappa shape index (κ2) is 3.99. The molecule has 0 aromatic carbocycles. The van der Waals surface area contributed by atoms with Gasteiger partial charge in [-0.1, -0.05) is 6.42 Å². The molecule has 3 rings (SSSR count). The molecule has 0 radical (unpaired) electrons. The quantitative estimate of drug-likeness (QED) is 0.788. The molecule has 3 fully saturated rings. The fourth-order valence-corrected chi connectivity index (χ4v) is 3.34. The van der Waals surface area contributed by atoms with Crippen LogP contribution in [0.4, 0.5) is 0 Å². The molecule has 2 nitrogen and oxygen atoms in total. The minimum Gasteiger partial charge on any atom is -0.309 e. The molecule has 2 saturated carbocycles. The third-order valence-electron chi connectivity index (χ3n) is 4.74. The number of nitrogens with one attached hydrogen (secondary N) is 1. The maximum absolute atomic E-state index is 3.73. The Morgan fingerprint density at radius 3 is 2.50 bits per heavy atom. The summed E-state index contributed by atoms with van der Waals surface area (Å²) in [6.07, 6.45) is 7.42. The second-order valence-electron chi connectivity index (χ2n) is 6.90. The van der Waals surface area contributed by atoms with Crippen molar-refractivity contribution in [1.82, 2.24) is 10.2 Å². The molecule has 1 saturated heterocycles. The zero-order chi connectivity index (χ0) is 11.2. The Labute approximate surface area is 99.8 Å². The number of piperazine rings is 1. The zero-order valence-corrected chi connectivity index (χ0v) is 10.8. The van der Waals surface area contributed by atoms with Gasteiger partial charge in [-0.05, 0) is 51.4 Å². The van der Waals surface area contributed by atoms with Gasteiger partial charge in [-0.25, -0.2) is 0 Å². The summed E-state index contributed by atoms with van der Waals surface area (Å²) in [6, 6.07) is 0.855. The lowest BCUT2D eigenvalue weighted by Crippen LogP contribution is -2.63. The van der Waals surface area contributed by atoms with Gasteiger partial charge in [0, 0.05) is 31.2 Å². The van der Waals surface area contributed by atoms with Gasteiger partial charge < -0.3 is 5.32 Å². The van der Waals surface area contributed by atoms with Crippen LogP contribution in [0.5, 0.6) is 0 Å². The summed E-state index contributed by atoms with van der Waals surface area (Å²) < 4.78 is 0. The summed E-state index contributed by atoms with van der Waals surface area (Å²) in [5, 5.41) is 3.73. The fourth-order valence-electron chi connectivity index (χ4n) is 3.34. The van der Waals surface area contributed by atoms with Crippen molar-refractivity contribution in [3.8, 4) is 0 Å². The molecule has 2 heteroatoms. The summed E-state index contributed by atoms with van der Waals surface area (Å²) in [4.78, 5) is 2.82. The summed E-state index contributed by atoms with van der Waals surface area (Å²) in [5.41, 5.74) is 0.329. The van der Waals surface area contributed by atoms with Crippen LogP contribution in [0.25, 0.3) is 0 Å². The van der Waals surface area contributed by atoms with Gasteiger partial charge in [0.1, 0.15) is 0 Å². The van der Waals surface area contributed by atoms with Crippen LogP contribution in [-0.2, 0) is 0 Å². The normalized spacial score (nSPS) is 36.0. The van der Waals surface area contributed by atoms with Crippen LogP contribution < -0.4 is 5.32 Å². The Kier molecular flexibility index (Phi) is 2.75. The van der Waals surface area contributed by atoms with E-state index in [1.807, 2.05) is 0 Å². The highest BCUT2D eigenvalue weighted by molar-refractivity contribution is 4.99. The SMILES string of the molecule is CC1(C)CN(CC2CCC2)C(C2CC2)CN1. The van der Waals surface area contributed by atoms with Crippen molar-refractivity contribution in [3.63, 3.8) is 0 Å². The third kappa shape index (κ3) is 2.28. The first-order valence-corrected chi connectivity index (χ1v) is 7.13. The van der Waals surface area contributed by atoms with E-state index in [1.165, 1.54) is 51.7 Å². The lowest BCUT2D eigenvalue weighted by molar-refractivity contribution is 0.0534. The van der Waals surface area contributed by atoms with Gasteiger partial charge >= 0.3 is 0 Å². The van der Waals surface area contributed by atoms with E-state index in [4.69, 9.17) is 0 Å². The Balaban J connectivity index is 1.63. The summed E-state index contributed by atoms with van der Waals surface area (Å²) >= 11 is 0. The number of hydrogen-bond donors (Lipinski definition) is 1. The molecule has 16 heavy (non-hydrogen) atoms. The number of nitrogens with zero attached hydrogens (tertiary/aromatic N) is 1. The van der Waals surface area contributed by atoms with Crippen LogP contribution >= 0.6 is 0 Å². The molecular formula is C14H26N2. The highest BCUT2D eigenvalue weighted by atomic mass is 15.3. The third-order valence-corrected chi connectivity index (χ3v) is 4.74. The monoisotopic (exact) mass is 222 g/mol. The molecule has 1 N–H and O–H groups in total. The summed E-state index contributed by atoms with van der Waals surface area (Å²) in [6.45, 7) is 8.56. The van der Waals surface area contributed by atoms with Crippen molar-refractivity contribution < 1.29 is 0 Å². The predicted molar refractivity (Wildman–Crippen MR) is 67.5 cm³/mol. The highest BCUT2D eigenvalue weighted by Gasteiger charge is 2.41. The van der Waals surface area contributed by atoms with Crippen LogP contribution in [0.2, 0.25) is 0 Å². The van der Waals surface area contributed by atoms with E-state index in [0.29, 0.717) is 5.54 Å². The van der Waals surface area contributed by atoms with E-state index in [9.17, 15) is 0 Å². The van der Waals surface area contributed by atoms with Gasteiger partial charge in [-0.3, -0.25) is 4.90 Å². The zero-order valence-electron chi connectivity index (χ0n) is 10.8. The first-order chi connectivity index (χ1) is 7.64. The largest absolute Gasteiger partial charge is 0.309 e. The Morgan fingerprint density at radius 2 is 1.94 bits per heavy atom. The molecule has 3 aliphatic rings. The van der Waals surface area contributed by atoms with Gasteiger partial charge in [0.15, 0.2) is 0 Å². The number of rotatable bonds is 3. The van der Waals surface area contributed by atoms with Gasteiger partial charge in [-0.15, -0.1) is 0 Å². The van der Waals surface area contributed by atoms with E-state index in [-0.39, 0.29) is 0 Å². The van der Waals surface area contributed by atoms with Gasteiger partial charge in [0.2, 0.25) is 0 Å². The van der Waals surface area contributed by atoms with Gasteiger partial charge in [0.25, 0.3) is 0 Å². The maximum Gasteiger partial charge on any atom is 0.0252 e. The topological polar surface area (TPSA) is 15.3 Å². The molecule has 1 heterocycles. The predicted octanol–water partition coefficient (Wildman–Crippen LogP) is 2.25. The van der Waals surface area contributed by atoms with E-state index in [2.05, 4.69) is 24.1 Å². The molecule has 0 bridgehead atoms. The van der Waals surface area contributed by atoms with Crippen molar-refractivity contribution in [2.75, 3.05) is 19.6 Å². The Hall–Kier alpha value is -0.0800. The molecule has 2 aliphatic carbocycles. The van der Waals surface area contributed by atoms with E-state index >= 15 is 0 Å². The summed E-state index contributed by atoms with van der Waals surface area (Å²) in [5.74, 6) is 2.04. The molecule has 0 aromatic rings. The van der Waals surface area contributed by atoms with E-state index in [1.54, 1.807) is 0 Å². The second-order valence-corrected chi connectivity index (χ2v) is 6.90. The van der Waals surface area contributed by atoms with Crippen LogP contribution in [0.15, 0.2) is 0 Å². The first kappa shape index (κ1) is 11.0. The van der Waals surface area contributed by atoms with Crippen LogP contribution in [-0.4, -0.2) is 36.1 Å². The molecule has 0 spiro atoms. The van der Waals surface area contributed by atoms with E-state index < -0.39 is 0 Å². The van der Waals surface area contributed by atoms with Crippen LogP contribution in [0, 0.1) is 11.8 Å². The van der Waals surface area contributed by atoms with Crippen LogP contribution in [0.1, 0.15) is 46.0 Å². The summed E-state index contributed by atoms with van der Waals surface area (Å²) in [7, 11) is 0.